The van der Waals surface area contributed by atoms with Crippen LogP contribution in [0.3, 0.4) is 0 Å². The van der Waals surface area contributed by atoms with E-state index in [9.17, 15) is 0 Å². The zero-order valence-electron chi connectivity index (χ0n) is 59.4. The minimum absolute atomic E-state index is 0.959. The Morgan fingerprint density at radius 3 is 0.265 bits per heavy atom. The van der Waals surface area contributed by atoms with Crippen molar-refractivity contribution >= 4 is 0 Å². The van der Waals surface area contributed by atoms with Crippen LogP contribution in [0.1, 0.15) is 528 Å². The van der Waals surface area contributed by atoms with Gasteiger partial charge in [-0.2, -0.15) is 0 Å². The fourth-order valence-electron chi connectivity index (χ4n) is 14.2. The average molecular weight is 1170 g/mol. The van der Waals surface area contributed by atoms with Crippen molar-refractivity contribution in [3.63, 3.8) is 0 Å². The highest BCUT2D eigenvalue weighted by Crippen LogP contribution is 2.23. The predicted molar refractivity (Wildman–Crippen MR) is 385 cm³/mol. The van der Waals surface area contributed by atoms with Crippen LogP contribution in [0.5, 0.6) is 0 Å². The van der Waals surface area contributed by atoms with Crippen molar-refractivity contribution in [3.05, 3.63) is 0 Å². The highest BCUT2D eigenvalue weighted by atomic mass is 14.1. The lowest BCUT2D eigenvalue weighted by Gasteiger charge is -2.11. The van der Waals surface area contributed by atoms with E-state index in [2.05, 4.69) is 20.8 Å². The second-order valence-electron chi connectivity index (χ2n) is 29.2. The smallest absolute Gasteiger partial charge is 0.0443 e. The summed E-state index contributed by atoms with van der Waals surface area (Å²) in [6.07, 6.45) is 118. The van der Waals surface area contributed by atoms with Crippen molar-refractivity contribution in [2.45, 2.75) is 528 Å². The van der Waals surface area contributed by atoms with Gasteiger partial charge in [-0.15, -0.1) is 0 Å². The predicted octanol–water partition coefficient (Wildman–Crippen LogP) is 32.5. The summed E-state index contributed by atoms with van der Waals surface area (Å²) >= 11 is 0. The molecule has 0 N–H and O–H groups in total. The first-order valence-corrected chi connectivity index (χ1v) is 41.3. The lowest BCUT2D eigenvalue weighted by molar-refractivity contribution is 0.429. The molecule has 1 atom stereocenters. The minimum Gasteiger partial charge on any atom is -0.0654 e. The van der Waals surface area contributed by atoms with E-state index in [4.69, 9.17) is 0 Å². The Morgan fingerprint density at radius 1 is 0.108 bits per heavy atom. The van der Waals surface area contributed by atoms with Gasteiger partial charge in [0, 0.05) is 0 Å². The molecule has 0 heterocycles. The zero-order valence-corrected chi connectivity index (χ0v) is 59.4. The van der Waals surface area contributed by atoms with Crippen LogP contribution in [0.15, 0.2) is 0 Å². The maximum absolute atomic E-state index is 2.54. The zero-order chi connectivity index (χ0) is 59.4. The van der Waals surface area contributed by atoms with E-state index in [1.807, 2.05) is 0 Å². The molecule has 0 aliphatic heterocycles. The first-order chi connectivity index (χ1) is 41.3. The molecule has 0 aromatic heterocycles. The Balaban J connectivity index is 3.14. The Labute approximate surface area is 531 Å². The van der Waals surface area contributed by atoms with Crippen molar-refractivity contribution < 1.29 is 0 Å². The number of hydrogen-bond acceptors (Lipinski definition) is 0. The van der Waals surface area contributed by atoms with Gasteiger partial charge in [0.2, 0.25) is 0 Å². The van der Waals surface area contributed by atoms with Gasteiger partial charge in [0.15, 0.2) is 0 Å². The van der Waals surface area contributed by atoms with Crippen LogP contribution < -0.4 is 0 Å². The summed E-state index contributed by atoms with van der Waals surface area (Å²) in [6, 6.07) is 0. The highest BCUT2D eigenvalue weighted by Gasteiger charge is 2.04. The van der Waals surface area contributed by atoms with E-state index >= 15 is 0 Å². The molecule has 0 saturated heterocycles. The first-order valence-electron chi connectivity index (χ1n) is 41.3. The van der Waals surface area contributed by atoms with Crippen molar-refractivity contribution in [2.24, 2.45) is 5.92 Å². The lowest BCUT2D eigenvalue weighted by atomic mass is 9.95. The fraction of sp³-hybridized carbons (Fsp3) is 1.00. The summed E-state index contributed by atoms with van der Waals surface area (Å²) in [5.74, 6) is 0.959. The third-order valence-corrected chi connectivity index (χ3v) is 20.4. The van der Waals surface area contributed by atoms with E-state index in [0.717, 1.165) is 5.92 Å². The first kappa shape index (κ1) is 83.0. The molecule has 0 aromatic carbocycles. The minimum atomic E-state index is 0.959. The molecule has 0 aliphatic rings. The van der Waals surface area contributed by atoms with Crippen molar-refractivity contribution in [3.8, 4) is 0 Å². The molecule has 0 aromatic rings. The molecule has 500 valence electrons. The molecule has 0 aliphatic carbocycles. The third kappa shape index (κ3) is 80.0. The van der Waals surface area contributed by atoms with Crippen LogP contribution in [0.25, 0.3) is 0 Å². The van der Waals surface area contributed by atoms with E-state index < -0.39 is 0 Å². The second kappa shape index (κ2) is 80.0. The van der Waals surface area contributed by atoms with Gasteiger partial charge in [-0.25, -0.2) is 0 Å². The lowest BCUT2D eigenvalue weighted by Crippen LogP contribution is -1.95. The third-order valence-electron chi connectivity index (χ3n) is 20.4. The van der Waals surface area contributed by atoms with Crippen LogP contribution >= 0.6 is 0 Å². The molecule has 0 radical (unpaired) electrons. The molecular formula is C83H168. The molecule has 0 rings (SSSR count). The summed E-state index contributed by atoms with van der Waals surface area (Å²) in [7, 11) is 0. The monoisotopic (exact) mass is 1170 g/mol. The number of rotatable bonds is 79. The Hall–Kier alpha value is 0. The largest absolute Gasteiger partial charge is 0.0654 e. The number of unbranched alkanes of at least 4 members (excludes halogenated alkanes) is 75. The van der Waals surface area contributed by atoms with Crippen LogP contribution in [-0.2, 0) is 0 Å². The molecule has 0 fully saturated rings. The van der Waals surface area contributed by atoms with Crippen LogP contribution in [0, 0.1) is 5.92 Å². The standard InChI is InChI=1S/C83H168/c1-4-6-8-10-12-14-16-18-20-22-24-26-28-30-32-34-36-38-39-40-41-42-43-44-45-46-47-48-49-50-52-54-56-58-60-62-64-66-68-70-72-74-76-78-80-82-83(3)81-79-77-75-73-71-69-67-65-63-61-59-57-55-53-51-37-35-33-31-29-27-25-23-21-19-17-15-13-11-9-7-5-2/h83H,4-82H2,1-3H3. The normalized spacial score (nSPS) is 12.2. The topological polar surface area (TPSA) is 0 Å². The molecule has 0 saturated carbocycles. The van der Waals surface area contributed by atoms with Crippen molar-refractivity contribution in [1.29, 1.82) is 0 Å². The van der Waals surface area contributed by atoms with E-state index in [1.165, 1.54) is 507 Å². The Morgan fingerprint density at radius 2 is 0.181 bits per heavy atom. The SMILES string of the molecule is CCCCCCCCCCCCCCCCCCCCCCCCCCCCCCCCCCCCCCCCCCCCCCCC(C)CCCCCCCCCCCCCCCCCCCCCCCCCCCCCCCCCC. The van der Waals surface area contributed by atoms with Crippen LogP contribution in [0.4, 0.5) is 0 Å². The summed E-state index contributed by atoms with van der Waals surface area (Å²) in [5.41, 5.74) is 0. The Kier molecular flexibility index (Phi) is 80.0. The Bertz CT molecular complexity index is 1040. The van der Waals surface area contributed by atoms with Crippen molar-refractivity contribution in [2.75, 3.05) is 0 Å². The van der Waals surface area contributed by atoms with Gasteiger partial charge in [-0.1, -0.05) is 528 Å². The summed E-state index contributed by atoms with van der Waals surface area (Å²) in [6.45, 7) is 7.17. The maximum atomic E-state index is 2.54. The van der Waals surface area contributed by atoms with Crippen LogP contribution in [-0.4, -0.2) is 0 Å². The number of hydrogen-bond donors (Lipinski definition) is 0. The molecular weight excluding hydrogens is 997 g/mol. The van der Waals surface area contributed by atoms with Gasteiger partial charge in [0.25, 0.3) is 0 Å². The van der Waals surface area contributed by atoms with E-state index in [-0.39, 0.29) is 0 Å². The van der Waals surface area contributed by atoms with E-state index in [0.29, 0.717) is 0 Å². The van der Waals surface area contributed by atoms with Gasteiger partial charge >= 0.3 is 0 Å². The van der Waals surface area contributed by atoms with Gasteiger partial charge in [0.1, 0.15) is 0 Å². The molecule has 0 heteroatoms. The van der Waals surface area contributed by atoms with Gasteiger partial charge in [0.05, 0.1) is 0 Å². The van der Waals surface area contributed by atoms with Gasteiger partial charge < -0.3 is 0 Å². The van der Waals surface area contributed by atoms with Crippen LogP contribution in [0.2, 0.25) is 0 Å². The van der Waals surface area contributed by atoms with Crippen molar-refractivity contribution in [1.82, 2.24) is 0 Å². The highest BCUT2D eigenvalue weighted by molar-refractivity contribution is 4.59. The fourth-order valence-corrected chi connectivity index (χ4v) is 14.2. The van der Waals surface area contributed by atoms with Gasteiger partial charge in [-0.05, 0) is 5.92 Å². The van der Waals surface area contributed by atoms with E-state index in [1.54, 1.807) is 0 Å². The molecule has 83 heavy (non-hydrogen) atoms. The maximum Gasteiger partial charge on any atom is -0.0443 e. The molecule has 0 amide bonds. The summed E-state index contributed by atoms with van der Waals surface area (Å²) < 4.78 is 0. The molecule has 1 unspecified atom stereocenters. The average Bonchev–Trinajstić information content (AvgIpc) is 3.49. The summed E-state index contributed by atoms with van der Waals surface area (Å²) in [5, 5.41) is 0. The molecule has 0 spiro atoms. The molecule has 0 bridgehead atoms. The second-order valence-corrected chi connectivity index (χ2v) is 29.2. The van der Waals surface area contributed by atoms with Gasteiger partial charge in [-0.3, -0.25) is 0 Å². The quantitative estimate of drug-likeness (QED) is 0.0533. The summed E-state index contributed by atoms with van der Waals surface area (Å²) in [4.78, 5) is 0. The molecule has 0 nitrogen and oxygen atoms in total.